The predicted molar refractivity (Wildman–Crippen MR) is 74.1 cm³/mol. The van der Waals surface area contributed by atoms with Crippen molar-refractivity contribution in [2.75, 3.05) is 5.32 Å². The Morgan fingerprint density at radius 1 is 1.44 bits per heavy atom. The van der Waals surface area contributed by atoms with E-state index in [0.29, 0.717) is 16.9 Å². The zero-order valence-corrected chi connectivity index (χ0v) is 11.8. The molecule has 1 N–H and O–H groups in total. The first kappa shape index (κ1) is 12.2. The topological polar surface area (TPSA) is 42.0 Å². The lowest BCUT2D eigenvalue weighted by Crippen LogP contribution is -2.20. The molecule has 2 aliphatic rings. The van der Waals surface area contributed by atoms with Crippen LogP contribution in [0.4, 0.5) is 5.69 Å². The van der Waals surface area contributed by atoms with Crippen molar-refractivity contribution in [2.45, 2.75) is 32.1 Å². The third-order valence-corrected chi connectivity index (χ3v) is 5.00. The molecule has 4 heteroatoms. The van der Waals surface area contributed by atoms with Crippen LogP contribution in [0.15, 0.2) is 22.9 Å². The Kier molecular flexibility index (Phi) is 3.37. The number of hydrogen-bond acceptors (Lipinski definition) is 2. The number of carbonyl (C=O) groups excluding carboxylic acids is 1. The summed E-state index contributed by atoms with van der Waals surface area (Å²) in [6.45, 7) is 0. The molecule has 0 aromatic carbocycles. The van der Waals surface area contributed by atoms with E-state index in [1.807, 2.05) is 12.1 Å². The Hall–Kier alpha value is -0.900. The van der Waals surface area contributed by atoms with Gasteiger partial charge in [-0.15, -0.1) is 0 Å². The van der Waals surface area contributed by atoms with E-state index in [9.17, 15) is 4.79 Å². The van der Waals surface area contributed by atoms with E-state index in [2.05, 4.69) is 26.2 Å². The first-order valence-electron chi connectivity index (χ1n) is 6.62. The summed E-state index contributed by atoms with van der Waals surface area (Å²) in [6, 6.07) is 3.70. The molecule has 2 fully saturated rings. The first-order valence-corrected chi connectivity index (χ1v) is 7.42. The highest BCUT2D eigenvalue weighted by Gasteiger charge is 2.40. The third kappa shape index (κ3) is 2.44. The van der Waals surface area contributed by atoms with Crippen molar-refractivity contribution in [2.24, 2.45) is 17.8 Å². The second-order valence-corrected chi connectivity index (χ2v) is 6.28. The number of pyridine rings is 1. The minimum atomic E-state index is 0.126. The van der Waals surface area contributed by atoms with Gasteiger partial charge in [-0.3, -0.25) is 4.79 Å². The molecular weight excluding hydrogens is 292 g/mol. The van der Waals surface area contributed by atoms with Crippen LogP contribution in [0.2, 0.25) is 0 Å². The molecule has 2 saturated carbocycles. The minimum absolute atomic E-state index is 0.126. The van der Waals surface area contributed by atoms with Crippen LogP contribution in [0.3, 0.4) is 0 Å². The summed E-state index contributed by atoms with van der Waals surface area (Å²) >= 11 is 3.34. The number of amides is 1. The average Bonchev–Trinajstić information content (AvgIpc) is 2.94. The van der Waals surface area contributed by atoms with Gasteiger partial charge in [0.15, 0.2) is 0 Å². The monoisotopic (exact) mass is 308 g/mol. The van der Waals surface area contributed by atoms with Crippen LogP contribution in [0.5, 0.6) is 0 Å². The van der Waals surface area contributed by atoms with E-state index >= 15 is 0 Å². The van der Waals surface area contributed by atoms with Gasteiger partial charge in [-0.2, -0.15) is 0 Å². The maximum atomic E-state index is 12.0. The molecule has 1 heterocycles. The fraction of sp³-hybridized carbons (Fsp3) is 0.571. The van der Waals surface area contributed by atoms with Crippen LogP contribution < -0.4 is 5.32 Å². The standard InChI is InChI=1S/C14H17BrN2O/c15-14-12(2-1-5-16-14)17-13(18)8-11-7-9-3-4-10(11)6-9/h1-2,5,9-11H,3-4,6-8H2,(H,17,18). The summed E-state index contributed by atoms with van der Waals surface area (Å²) in [5.74, 6) is 2.44. The van der Waals surface area contributed by atoms with E-state index < -0.39 is 0 Å². The zero-order valence-electron chi connectivity index (χ0n) is 10.2. The largest absolute Gasteiger partial charge is 0.324 e. The summed E-state index contributed by atoms with van der Waals surface area (Å²) in [6.07, 6.45) is 7.70. The van der Waals surface area contributed by atoms with Crippen molar-refractivity contribution in [3.8, 4) is 0 Å². The van der Waals surface area contributed by atoms with Gasteiger partial charge in [0.25, 0.3) is 0 Å². The number of fused-ring (bicyclic) bond motifs is 2. The van der Waals surface area contributed by atoms with Gasteiger partial charge in [0.05, 0.1) is 5.69 Å². The van der Waals surface area contributed by atoms with Crippen molar-refractivity contribution >= 4 is 27.5 Å². The van der Waals surface area contributed by atoms with Crippen LogP contribution in [0.1, 0.15) is 32.1 Å². The molecule has 2 aliphatic carbocycles. The quantitative estimate of drug-likeness (QED) is 0.867. The van der Waals surface area contributed by atoms with Crippen LogP contribution in [-0.4, -0.2) is 10.9 Å². The Balaban J connectivity index is 1.58. The SMILES string of the molecule is O=C(CC1CC2CCC1C2)Nc1cccnc1Br. The van der Waals surface area contributed by atoms with Crippen molar-refractivity contribution in [1.82, 2.24) is 4.98 Å². The Bertz CT molecular complexity index is 463. The minimum Gasteiger partial charge on any atom is -0.324 e. The van der Waals surface area contributed by atoms with Gasteiger partial charge in [-0.05, 0) is 65.1 Å². The van der Waals surface area contributed by atoms with Gasteiger partial charge in [0.2, 0.25) is 5.91 Å². The van der Waals surface area contributed by atoms with Crippen molar-refractivity contribution in [3.63, 3.8) is 0 Å². The molecule has 18 heavy (non-hydrogen) atoms. The molecule has 3 atom stereocenters. The van der Waals surface area contributed by atoms with Gasteiger partial charge >= 0.3 is 0 Å². The number of halogens is 1. The van der Waals surface area contributed by atoms with Gasteiger partial charge in [-0.25, -0.2) is 4.98 Å². The zero-order chi connectivity index (χ0) is 12.5. The number of nitrogens with one attached hydrogen (secondary N) is 1. The molecule has 1 aromatic rings. The van der Waals surface area contributed by atoms with E-state index in [0.717, 1.165) is 17.5 Å². The second-order valence-electron chi connectivity index (χ2n) is 5.53. The molecular formula is C14H17BrN2O. The molecule has 0 aliphatic heterocycles. The van der Waals surface area contributed by atoms with Crippen LogP contribution in [-0.2, 0) is 4.79 Å². The van der Waals surface area contributed by atoms with E-state index in [4.69, 9.17) is 0 Å². The van der Waals surface area contributed by atoms with Gasteiger partial charge < -0.3 is 5.32 Å². The van der Waals surface area contributed by atoms with Crippen LogP contribution in [0, 0.1) is 17.8 Å². The van der Waals surface area contributed by atoms with E-state index in [-0.39, 0.29) is 5.91 Å². The lowest BCUT2D eigenvalue weighted by molar-refractivity contribution is -0.117. The second kappa shape index (κ2) is 5.00. The number of anilines is 1. The highest BCUT2D eigenvalue weighted by atomic mass is 79.9. The van der Waals surface area contributed by atoms with Crippen LogP contribution >= 0.6 is 15.9 Å². The van der Waals surface area contributed by atoms with E-state index in [1.54, 1.807) is 6.20 Å². The lowest BCUT2D eigenvalue weighted by atomic mass is 9.86. The molecule has 3 nitrogen and oxygen atoms in total. The van der Waals surface area contributed by atoms with Gasteiger partial charge in [-0.1, -0.05) is 6.42 Å². The normalized spacial score (nSPS) is 29.5. The fourth-order valence-corrected chi connectivity index (χ4v) is 3.89. The highest BCUT2D eigenvalue weighted by molar-refractivity contribution is 9.10. The molecule has 1 aromatic heterocycles. The lowest BCUT2D eigenvalue weighted by Gasteiger charge is -2.20. The number of carbonyl (C=O) groups is 1. The highest BCUT2D eigenvalue weighted by Crippen LogP contribution is 2.49. The van der Waals surface area contributed by atoms with Crippen molar-refractivity contribution in [3.05, 3.63) is 22.9 Å². The molecule has 3 unspecified atom stereocenters. The summed E-state index contributed by atoms with van der Waals surface area (Å²) < 4.78 is 0.700. The maximum absolute atomic E-state index is 12.0. The Labute approximate surface area is 116 Å². The molecule has 0 saturated heterocycles. The number of nitrogens with zero attached hydrogens (tertiary/aromatic N) is 1. The summed E-state index contributed by atoms with van der Waals surface area (Å²) in [5, 5.41) is 2.95. The first-order chi connectivity index (χ1) is 8.72. The summed E-state index contributed by atoms with van der Waals surface area (Å²) in [4.78, 5) is 16.1. The maximum Gasteiger partial charge on any atom is 0.224 e. The van der Waals surface area contributed by atoms with E-state index in [1.165, 1.54) is 25.7 Å². The van der Waals surface area contributed by atoms with Gasteiger partial charge in [0.1, 0.15) is 4.60 Å². The summed E-state index contributed by atoms with van der Waals surface area (Å²) in [5.41, 5.74) is 0.769. The molecule has 1 amide bonds. The molecule has 0 radical (unpaired) electrons. The number of hydrogen-bond donors (Lipinski definition) is 1. The molecule has 0 spiro atoms. The Morgan fingerprint density at radius 2 is 2.33 bits per heavy atom. The number of aromatic nitrogens is 1. The molecule has 3 rings (SSSR count). The van der Waals surface area contributed by atoms with Crippen LogP contribution in [0.25, 0.3) is 0 Å². The average molecular weight is 309 g/mol. The molecule has 2 bridgehead atoms. The fourth-order valence-electron chi connectivity index (χ4n) is 3.55. The third-order valence-electron chi connectivity index (χ3n) is 4.37. The summed E-state index contributed by atoms with van der Waals surface area (Å²) in [7, 11) is 0. The Morgan fingerprint density at radius 3 is 3.00 bits per heavy atom. The number of rotatable bonds is 3. The smallest absolute Gasteiger partial charge is 0.224 e. The predicted octanol–water partition coefficient (Wildman–Crippen LogP) is 3.61. The van der Waals surface area contributed by atoms with Crippen molar-refractivity contribution in [1.29, 1.82) is 0 Å². The molecule has 96 valence electrons. The van der Waals surface area contributed by atoms with Gasteiger partial charge in [0, 0.05) is 12.6 Å². The van der Waals surface area contributed by atoms with Crippen molar-refractivity contribution < 1.29 is 4.79 Å².